The highest BCUT2D eigenvalue weighted by Gasteiger charge is 2.60. The lowest BCUT2D eigenvalue weighted by molar-refractivity contribution is -0.297. The highest BCUT2D eigenvalue weighted by molar-refractivity contribution is 5.95. The van der Waals surface area contributed by atoms with Gasteiger partial charge in [0.25, 0.3) is 0 Å². The fraction of sp³-hybridized carbons (Fsp3) is 0.652. The second-order valence-electron chi connectivity index (χ2n) is 8.32. The smallest absolute Gasteiger partial charge is 0.313 e. The minimum atomic E-state index is -1.28. The topological polar surface area (TPSA) is 80.3 Å². The number of carbonyl (C=O) groups excluding carboxylic acids is 2. The molecule has 2 saturated heterocycles. The maximum Gasteiger partial charge on any atom is 0.313 e. The molecule has 1 unspecified atom stereocenters. The van der Waals surface area contributed by atoms with E-state index in [-0.39, 0.29) is 38.1 Å². The summed E-state index contributed by atoms with van der Waals surface area (Å²) in [7, 11) is 0. The molecular weight excluding hydrogens is 388 g/mol. The first-order chi connectivity index (χ1) is 14.3. The van der Waals surface area contributed by atoms with Crippen molar-refractivity contribution >= 4 is 11.8 Å². The van der Waals surface area contributed by atoms with Crippen LogP contribution in [-0.2, 0) is 39.9 Å². The summed E-state index contributed by atoms with van der Waals surface area (Å²) in [5.41, 5.74) is 0.958. The van der Waals surface area contributed by atoms with Gasteiger partial charge in [-0.3, -0.25) is 9.59 Å². The predicted molar refractivity (Wildman–Crippen MR) is 108 cm³/mol. The molecule has 0 spiro atoms. The maximum absolute atomic E-state index is 12.3. The van der Waals surface area contributed by atoms with Crippen LogP contribution in [0.25, 0.3) is 0 Å². The summed E-state index contributed by atoms with van der Waals surface area (Å²) in [6.07, 6.45) is 2.09. The Bertz CT molecular complexity index is 718. The molecular formula is C23H32O7. The zero-order valence-corrected chi connectivity index (χ0v) is 18.1. The van der Waals surface area contributed by atoms with Gasteiger partial charge < -0.3 is 23.7 Å². The van der Waals surface area contributed by atoms with Gasteiger partial charge in [-0.2, -0.15) is 0 Å². The molecule has 1 aromatic rings. The number of benzene rings is 1. The van der Waals surface area contributed by atoms with Crippen LogP contribution >= 0.6 is 0 Å². The van der Waals surface area contributed by atoms with Gasteiger partial charge in [0.1, 0.15) is 31.0 Å². The summed E-state index contributed by atoms with van der Waals surface area (Å²) in [6, 6.07) is 9.66. The van der Waals surface area contributed by atoms with Gasteiger partial charge in [-0.25, -0.2) is 0 Å². The first-order valence-electron chi connectivity index (χ1n) is 10.7. The van der Waals surface area contributed by atoms with Crippen molar-refractivity contribution in [2.24, 2.45) is 0 Å². The van der Waals surface area contributed by atoms with Crippen molar-refractivity contribution in [1.82, 2.24) is 0 Å². The Morgan fingerprint density at radius 3 is 2.63 bits per heavy atom. The normalized spacial score (nSPS) is 27.0. The summed E-state index contributed by atoms with van der Waals surface area (Å²) in [5, 5.41) is 0. The van der Waals surface area contributed by atoms with E-state index in [0.717, 1.165) is 24.8 Å². The van der Waals surface area contributed by atoms with Crippen LogP contribution in [0.2, 0.25) is 0 Å². The quantitative estimate of drug-likeness (QED) is 0.308. The number of fused-ring (bicyclic) bond motifs is 1. The van der Waals surface area contributed by atoms with Crippen LogP contribution in [0.3, 0.4) is 0 Å². The van der Waals surface area contributed by atoms with Crippen molar-refractivity contribution in [1.29, 1.82) is 0 Å². The summed E-state index contributed by atoms with van der Waals surface area (Å²) in [6.45, 7) is 6.10. The Hall–Kier alpha value is -1.80. The van der Waals surface area contributed by atoms with Crippen LogP contribution in [0.15, 0.2) is 30.3 Å². The van der Waals surface area contributed by atoms with Gasteiger partial charge in [0.05, 0.1) is 13.2 Å². The van der Waals surface area contributed by atoms with Crippen LogP contribution in [0.4, 0.5) is 0 Å². The molecule has 2 heterocycles. The minimum Gasteiger partial charge on any atom is -0.459 e. The van der Waals surface area contributed by atoms with Gasteiger partial charge >= 0.3 is 5.97 Å². The van der Waals surface area contributed by atoms with Gasteiger partial charge in [-0.1, -0.05) is 50.1 Å². The molecule has 2 aliphatic rings. The molecule has 166 valence electrons. The summed E-state index contributed by atoms with van der Waals surface area (Å²) in [4.78, 5) is 24.2. The molecule has 7 nitrogen and oxygen atoms in total. The van der Waals surface area contributed by atoms with Crippen LogP contribution < -0.4 is 0 Å². The number of ketones is 1. The lowest BCUT2D eigenvalue weighted by Gasteiger charge is -2.33. The van der Waals surface area contributed by atoms with E-state index in [1.165, 1.54) is 0 Å². The molecule has 30 heavy (non-hydrogen) atoms. The highest BCUT2D eigenvalue weighted by Crippen LogP contribution is 2.42. The summed E-state index contributed by atoms with van der Waals surface area (Å²) in [5.74, 6) is -2.75. The van der Waals surface area contributed by atoms with Crippen molar-refractivity contribution in [3.8, 4) is 0 Å². The van der Waals surface area contributed by atoms with E-state index < -0.39 is 23.6 Å². The van der Waals surface area contributed by atoms with Crippen LogP contribution in [0.5, 0.6) is 0 Å². The second-order valence-corrected chi connectivity index (χ2v) is 8.32. The molecule has 0 amide bonds. The molecule has 2 fully saturated rings. The Morgan fingerprint density at radius 2 is 1.90 bits per heavy atom. The second kappa shape index (κ2) is 10.0. The molecule has 0 aromatic heterocycles. The SMILES string of the molecule is CCCCCC(=O)CC(=O)OC[C@@]1(OCc2ccccc2)OC[C@@H]2OC(C)(C)OC21. The van der Waals surface area contributed by atoms with E-state index >= 15 is 0 Å². The third-order valence-electron chi connectivity index (χ3n) is 5.27. The number of carbonyl (C=O) groups is 2. The Labute approximate surface area is 178 Å². The summed E-state index contributed by atoms with van der Waals surface area (Å²) < 4.78 is 29.4. The minimum absolute atomic E-state index is 0.112. The fourth-order valence-electron chi connectivity index (χ4n) is 3.76. The molecule has 0 bridgehead atoms. The Morgan fingerprint density at radius 1 is 1.13 bits per heavy atom. The molecule has 1 aromatic carbocycles. The lowest BCUT2D eigenvalue weighted by atomic mass is 10.1. The number of hydrogen-bond acceptors (Lipinski definition) is 7. The zero-order valence-electron chi connectivity index (χ0n) is 18.1. The van der Waals surface area contributed by atoms with Crippen molar-refractivity contribution < 1.29 is 33.3 Å². The first kappa shape index (κ1) is 22.9. The van der Waals surface area contributed by atoms with E-state index in [1.807, 2.05) is 44.2 Å². The fourth-order valence-corrected chi connectivity index (χ4v) is 3.76. The molecule has 0 radical (unpaired) electrons. The number of esters is 1. The number of hydrogen-bond donors (Lipinski definition) is 0. The first-order valence-corrected chi connectivity index (χ1v) is 10.7. The molecule has 0 aliphatic carbocycles. The third kappa shape index (κ3) is 5.88. The lowest BCUT2D eigenvalue weighted by Crippen LogP contribution is -2.50. The van der Waals surface area contributed by atoms with E-state index in [1.54, 1.807) is 0 Å². The van der Waals surface area contributed by atoms with E-state index in [4.69, 9.17) is 23.7 Å². The summed E-state index contributed by atoms with van der Waals surface area (Å²) >= 11 is 0. The van der Waals surface area contributed by atoms with Gasteiger partial charge in [-0.05, 0) is 25.8 Å². The van der Waals surface area contributed by atoms with Crippen LogP contribution in [-0.4, -0.2) is 48.7 Å². The molecule has 2 aliphatic heterocycles. The number of ether oxygens (including phenoxy) is 5. The number of rotatable bonds is 11. The molecule has 7 heteroatoms. The van der Waals surface area contributed by atoms with Crippen molar-refractivity contribution in [3.63, 3.8) is 0 Å². The monoisotopic (exact) mass is 420 g/mol. The van der Waals surface area contributed by atoms with Crippen molar-refractivity contribution in [2.75, 3.05) is 13.2 Å². The van der Waals surface area contributed by atoms with Gasteiger partial charge in [0, 0.05) is 6.42 Å². The van der Waals surface area contributed by atoms with Crippen molar-refractivity contribution in [3.05, 3.63) is 35.9 Å². The Kier molecular flexibility index (Phi) is 7.63. The van der Waals surface area contributed by atoms with E-state index in [9.17, 15) is 9.59 Å². The van der Waals surface area contributed by atoms with Crippen molar-refractivity contribution in [2.45, 2.75) is 83.3 Å². The van der Waals surface area contributed by atoms with E-state index in [0.29, 0.717) is 6.42 Å². The highest BCUT2D eigenvalue weighted by atomic mass is 16.8. The third-order valence-corrected chi connectivity index (χ3v) is 5.27. The van der Waals surface area contributed by atoms with Crippen LogP contribution in [0, 0.1) is 0 Å². The molecule has 3 rings (SSSR count). The average Bonchev–Trinajstić information content (AvgIpc) is 3.19. The van der Waals surface area contributed by atoms with Crippen LogP contribution in [0.1, 0.15) is 58.4 Å². The number of Topliss-reactive ketones (excluding diaryl/α,β-unsaturated/α-hetero) is 1. The average molecular weight is 421 g/mol. The molecule has 3 atom stereocenters. The predicted octanol–water partition coefficient (Wildman–Crippen LogP) is 3.53. The zero-order chi connectivity index (χ0) is 21.6. The molecule has 0 saturated carbocycles. The van der Waals surface area contributed by atoms with Gasteiger partial charge in [0.15, 0.2) is 5.79 Å². The van der Waals surface area contributed by atoms with Gasteiger partial charge in [0.2, 0.25) is 5.79 Å². The standard InChI is InChI=1S/C23H32O7/c1-4-5-7-12-18(24)13-20(25)26-16-23(27-14-17-10-8-6-9-11-17)21-19(15-28-23)29-22(2,3)30-21/h6,8-11,19,21H,4-5,7,12-16H2,1-3H3/t19-,21?,23+/m0/s1. The molecule has 0 N–H and O–H groups in total. The maximum atomic E-state index is 12.3. The van der Waals surface area contributed by atoms with E-state index in [2.05, 4.69) is 6.92 Å². The largest absolute Gasteiger partial charge is 0.459 e. The Balaban J connectivity index is 1.62. The van der Waals surface area contributed by atoms with Gasteiger partial charge in [-0.15, -0.1) is 0 Å². The number of unbranched alkanes of at least 4 members (excludes halogenated alkanes) is 2.